The molecule has 3 N–H and O–H groups in total. The molecule has 0 spiro atoms. The smallest absolute Gasteiger partial charge is 0.384 e. The topological polar surface area (TPSA) is 63.8 Å². The highest BCUT2D eigenvalue weighted by Crippen LogP contribution is 2.28. The van der Waals surface area contributed by atoms with Gasteiger partial charge in [-0.1, -0.05) is 20.3 Å². The van der Waals surface area contributed by atoms with Gasteiger partial charge in [0.2, 0.25) is 5.82 Å². The summed E-state index contributed by atoms with van der Waals surface area (Å²) >= 11 is 0. The van der Waals surface area contributed by atoms with Crippen LogP contribution in [0.1, 0.15) is 39.4 Å². The second-order valence-electron chi connectivity index (χ2n) is 4.79. The van der Waals surface area contributed by atoms with Crippen LogP contribution in [-0.2, 0) is 6.18 Å². The van der Waals surface area contributed by atoms with Crippen LogP contribution in [0, 0.1) is 5.92 Å². The molecule has 19 heavy (non-hydrogen) atoms. The van der Waals surface area contributed by atoms with E-state index in [1.54, 1.807) is 0 Å². The number of alkyl halides is 3. The molecule has 2 atom stereocenters. The summed E-state index contributed by atoms with van der Waals surface area (Å²) in [6.45, 7) is 6.06. The van der Waals surface area contributed by atoms with Gasteiger partial charge in [0.15, 0.2) is 0 Å². The van der Waals surface area contributed by atoms with Crippen LogP contribution >= 0.6 is 0 Å². The molecule has 0 fully saturated rings. The van der Waals surface area contributed by atoms with Crippen molar-refractivity contribution in [3.8, 4) is 0 Å². The predicted molar refractivity (Wildman–Crippen MR) is 68.6 cm³/mol. The van der Waals surface area contributed by atoms with Crippen LogP contribution in [0.4, 0.5) is 24.8 Å². The molecular formula is C12H19F3N4. The summed E-state index contributed by atoms with van der Waals surface area (Å²) in [7, 11) is 0. The lowest BCUT2D eigenvalue weighted by molar-refractivity contribution is -0.144. The van der Waals surface area contributed by atoms with Crippen molar-refractivity contribution in [2.24, 2.45) is 5.92 Å². The summed E-state index contributed by atoms with van der Waals surface area (Å²) in [5, 5.41) is 2.93. The van der Waals surface area contributed by atoms with E-state index in [4.69, 9.17) is 5.73 Å². The van der Waals surface area contributed by atoms with Crippen LogP contribution in [0.15, 0.2) is 6.07 Å². The Hall–Kier alpha value is -1.53. The molecule has 108 valence electrons. The molecule has 1 heterocycles. The minimum absolute atomic E-state index is 0.0188. The van der Waals surface area contributed by atoms with E-state index in [1.165, 1.54) is 6.07 Å². The van der Waals surface area contributed by atoms with E-state index >= 15 is 0 Å². The first kappa shape index (κ1) is 15.5. The highest BCUT2D eigenvalue weighted by Gasteiger charge is 2.35. The van der Waals surface area contributed by atoms with Crippen LogP contribution in [-0.4, -0.2) is 16.0 Å². The summed E-state index contributed by atoms with van der Waals surface area (Å²) in [6, 6.07) is 1.33. The van der Waals surface area contributed by atoms with E-state index in [2.05, 4.69) is 29.1 Å². The van der Waals surface area contributed by atoms with E-state index in [0.717, 1.165) is 12.8 Å². The Morgan fingerprint density at radius 1 is 1.32 bits per heavy atom. The quantitative estimate of drug-likeness (QED) is 0.866. The molecule has 4 nitrogen and oxygen atoms in total. The van der Waals surface area contributed by atoms with Crippen molar-refractivity contribution >= 4 is 11.6 Å². The number of halogens is 3. The van der Waals surface area contributed by atoms with Crippen LogP contribution in [0.3, 0.4) is 0 Å². The molecule has 0 aliphatic carbocycles. The van der Waals surface area contributed by atoms with Crippen LogP contribution in [0.2, 0.25) is 0 Å². The van der Waals surface area contributed by atoms with Crippen molar-refractivity contribution in [3.63, 3.8) is 0 Å². The van der Waals surface area contributed by atoms with Gasteiger partial charge in [-0.05, 0) is 19.3 Å². The molecule has 1 aromatic rings. The Kier molecular flexibility index (Phi) is 4.97. The summed E-state index contributed by atoms with van der Waals surface area (Å²) in [5.74, 6) is -0.814. The minimum atomic E-state index is -4.59. The zero-order valence-electron chi connectivity index (χ0n) is 11.3. The second kappa shape index (κ2) is 6.08. The summed E-state index contributed by atoms with van der Waals surface area (Å²) in [6.07, 6.45) is -2.72. The SMILES string of the molecule is CCC(C)CC(C)Nc1cc(N)nc(C(F)(F)F)n1. The van der Waals surface area contributed by atoms with Gasteiger partial charge in [-0.15, -0.1) is 0 Å². The number of hydrogen-bond acceptors (Lipinski definition) is 4. The molecule has 0 bridgehead atoms. The standard InChI is InChI=1S/C12H19F3N4/c1-4-7(2)5-8(3)17-10-6-9(16)18-11(19-10)12(13,14)15/h6-8H,4-5H2,1-3H3,(H3,16,17,18,19). The van der Waals surface area contributed by atoms with E-state index in [0.29, 0.717) is 5.92 Å². The molecule has 7 heteroatoms. The Balaban J connectivity index is 2.81. The zero-order chi connectivity index (χ0) is 14.6. The lowest BCUT2D eigenvalue weighted by Gasteiger charge is -2.18. The summed E-state index contributed by atoms with van der Waals surface area (Å²) in [4.78, 5) is 6.64. The summed E-state index contributed by atoms with van der Waals surface area (Å²) in [5.41, 5.74) is 5.37. The van der Waals surface area contributed by atoms with Gasteiger partial charge in [0.25, 0.3) is 0 Å². The van der Waals surface area contributed by atoms with E-state index in [9.17, 15) is 13.2 Å². The number of anilines is 2. The molecule has 0 aliphatic rings. The van der Waals surface area contributed by atoms with Gasteiger partial charge in [-0.25, -0.2) is 9.97 Å². The fraction of sp³-hybridized carbons (Fsp3) is 0.667. The summed E-state index contributed by atoms with van der Waals surface area (Å²) < 4.78 is 37.6. The van der Waals surface area contributed by atoms with Crippen LogP contribution in [0.5, 0.6) is 0 Å². The Morgan fingerprint density at radius 3 is 2.47 bits per heavy atom. The lowest BCUT2D eigenvalue weighted by Crippen LogP contribution is -2.21. The molecular weight excluding hydrogens is 257 g/mol. The van der Waals surface area contributed by atoms with Crippen molar-refractivity contribution in [1.29, 1.82) is 0 Å². The maximum absolute atomic E-state index is 12.5. The zero-order valence-corrected chi connectivity index (χ0v) is 11.3. The molecule has 1 aromatic heterocycles. The molecule has 0 aromatic carbocycles. The number of rotatable bonds is 5. The first-order valence-corrected chi connectivity index (χ1v) is 6.20. The van der Waals surface area contributed by atoms with E-state index in [-0.39, 0.29) is 17.7 Å². The third-order valence-corrected chi connectivity index (χ3v) is 2.85. The number of nitrogens with zero attached hydrogens (tertiary/aromatic N) is 2. The van der Waals surface area contributed by atoms with Gasteiger partial charge in [0.05, 0.1) is 0 Å². The van der Waals surface area contributed by atoms with Gasteiger partial charge < -0.3 is 11.1 Å². The fourth-order valence-corrected chi connectivity index (χ4v) is 1.75. The second-order valence-corrected chi connectivity index (χ2v) is 4.79. The molecule has 0 aliphatic heterocycles. The van der Waals surface area contributed by atoms with E-state index < -0.39 is 12.0 Å². The van der Waals surface area contributed by atoms with Crippen molar-refractivity contribution in [2.75, 3.05) is 11.1 Å². The average molecular weight is 276 g/mol. The van der Waals surface area contributed by atoms with Crippen molar-refractivity contribution in [3.05, 3.63) is 11.9 Å². The maximum atomic E-state index is 12.5. The molecule has 0 radical (unpaired) electrons. The largest absolute Gasteiger partial charge is 0.451 e. The Labute approximate surface area is 110 Å². The van der Waals surface area contributed by atoms with Gasteiger partial charge in [0, 0.05) is 12.1 Å². The van der Waals surface area contributed by atoms with Gasteiger partial charge in [-0.3, -0.25) is 0 Å². The predicted octanol–water partition coefficient (Wildman–Crippen LogP) is 3.31. The van der Waals surface area contributed by atoms with Gasteiger partial charge >= 0.3 is 6.18 Å². The Morgan fingerprint density at radius 2 is 1.95 bits per heavy atom. The molecule has 0 amide bonds. The van der Waals surface area contributed by atoms with Gasteiger partial charge in [0.1, 0.15) is 11.6 Å². The number of aromatic nitrogens is 2. The van der Waals surface area contributed by atoms with Crippen molar-refractivity contribution in [1.82, 2.24) is 9.97 Å². The highest BCUT2D eigenvalue weighted by molar-refractivity contribution is 5.45. The van der Waals surface area contributed by atoms with Crippen molar-refractivity contribution < 1.29 is 13.2 Å². The van der Waals surface area contributed by atoms with Gasteiger partial charge in [-0.2, -0.15) is 13.2 Å². The monoisotopic (exact) mass is 276 g/mol. The maximum Gasteiger partial charge on any atom is 0.451 e. The van der Waals surface area contributed by atoms with Crippen molar-refractivity contribution in [2.45, 2.75) is 45.8 Å². The van der Waals surface area contributed by atoms with Crippen LogP contribution < -0.4 is 11.1 Å². The third kappa shape index (κ3) is 4.92. The normalized spacial score (nSPS) is 15.1. The first-order chi connectivity index (χ1) is 8.72. The number of hydrogen-bond donors (Lipinski definition) is 2. The average Bonchev–Trinajstić information content (AvgIpc) is 2.26. The fourth-order valence-electron chi connectivity index (χ4n) is 1.75. The molecule has 0 saturated carbocycles. The third-order valence-electron chi connectivity index (χ3n) is 2.85. The van der Waals surface area contributed by atoms with Crippen LogP contribution in [0.25, 0.3) is 0 Å². The number of nitrogen functional groups attached to an aromatic ring is 1. The lowest BCUT2D eigenvalue weighted by atomic mass is 10.0. The number of nitrogens with one attached hydrogen (secondary N) is 1. The Bertz CT molecular complexity index is 420. The molecule has 1 rings (SSSR count). The van der Waals surface area contributed by atoms with E-state index in [1.807, 2.05) is 6.92 Å². The minimum Gasteiger partial charge on any atom is -0.384 e. The first-order valence-electron chi connectivity index (χ1n) is 6.20. The highest BCUT2D eigenvalue weighted by atomic mass is 19.4. The molecule has 0 saturated heterocycles. The number of nitrogens with two attached hydrogens (primary N) is 1. The molecule has 2 unspecified atom stereocenters.